The summed E-state index contributed by atoms with van der Waals surface area (Å²) in [5.41, 5.74) is 2.13. The Morgan fingerprint density at radius 2 is 1.83 bits per heavy atom. The van der Waals surface area contributed by atoms with Gasteiger partial charge in [0, 0.05) is 6.07 Å². The van der Waals surface area contributed by atoms with Crippen LogP contribution < -0.4 is 5.06 Å². The molecule has 1 aromatic rings. The highest BCUT2D eigenvalue weighted by Crippen LogP contribution is 2.19. The quantitative estimate of drug-likeness (QED) is 0.564. The number of anilines is 1. The van der Waals surface area contributed by atoms with Crippen LogP contribution in [0.3, 0.4) is 0 Å². The molecule has 0 atom stereocenters. The van der Waals surface area contributed by atoms with Crippen molar-refractivity contribution in [2.75, 3.05) is 18.2 Å². The van der Waals surface area contributed by atoms with Crippen molar-refractivity contribution in [2.45, 2.75) is 13.8 Å². The van der Waals surface area contributed by atoms with Crippen molar-refractivity contribution in [1.82, 2.24) is 0 Å². The van der Waals surface area contributed by atoms with Crippen molar-refractivity contribution in [3.63, 3.8) is 0 Å². The summed E-state index contributed by atoms with van der Waals surface area (Å²) >= 11 is 0. The summed E-state index contributed by atoms with van der Waals surface area (Å²) < 4.78 is 26.1. The molecule has 2 nitrogen and oxygen atoms in total. The molecule has 0 aromatic heterocycles. The third kappa shape index (κ3) is 4.30. The normalized spacial score (nSPS) is 10.2. The molecule has 0 aliphatic carbocycles. The van der Waals surface area contributed by atoms with E-state index in [1.807, 2.05) is 13.8 Å². The first kappa shape index (κ1) is 14.4. The Balaban J connectivity index is 2.89. The Hall–Kier alpha value is -1.68. The fourth-order valence-electron chi connectivity index (χ4n) is 1.28. The molecule has 0 aliphatic heterocycles. The van der Waals surface area contributed by atoms with E-state index in [1.165, 1.54) is 11.1 Å². The second kappa shape index (κ2) is 6.31. The molecule has 0 spiro atoms. The lowest BCUT2D eigenvalue weighted by Crippen LogP contribution is -2.26. The maximum atomic E-state index is 13.2. The summed E-state index contributed by atoms with van der Waals surface area (Å²) in [5.74, 6) is -1.79. The molecule has 0 N–H and O–H groups in total. The van der Waals surface area contributed by atoms with Gasteiger partial charge < -0.3 is 0 Å². The number of benzene rings is 1. The van der Waals surface area contributed by atoms with Crippen LogP contribution in [0.5, 0.6) is 0 Å². The van der Waals surface area contributed by atoms with Crippen LogP contribution in [0.4, 0.5) is 14.5 Å². The minimum absolute atomic E-state index is 0.312. The van der Waals surface area contributed by atoms with Gasteiger partial charge in [0.05, 0.1) is 18.8 Å². The molecular formula is C14H17F2NO. The fraction of sp³-hybridized carbons (Fsp3) is 0.286. The highest BCUT2D eigenvalue weighted by Gasteiger charge is 2.11. The van der Waals surface area contributed by atoms with Crippen molar-refractivity contribution in [3.8, 4) is 0 Å². The van der Waals surface area contributed by atoms with Gasteiger partial charge in [0.2, 0.25) is 0 Å². The molecule has 0 saturated heterocycles. The largest absolute Gasteiger partial charge is 0.269 e. The first-order valence-electron chi connectivity index (χ1n) is 5.54. The highest BCUT2D eigenvalue weighted by atomic mass is 19.2. The molecule has 0 saturated carbocycles. The number of nitrogens with zero attached hydrogens (tertiary/aromatic N) is 1. The molecule has 98 valence electrons. The van der Waals surface area contributed by atoms with Crippen molar-refractivity contribution >= 4 is 5.69 Å². The van der Waals surface area contributed by atoms with Gasteiger partial charge in [0.1, 0.15) is 0 Å². The van der Waals surface area contributed by atoms with E-state index in [0.29, 0.717) is 18.8 Å². The van der Waals surface area contributed by atoms with Crippen molar-refractivity contribution in [3.05, 3.63) is 54.1 Å². The first-order chi connectivity index (χ1) is 8.40. The molecule has 0 unspecified atom stereocenters. The Morgan fingerprint density at radius 1 is 1.17 bits per heavy atom. The van der Waals surface area contributed by atoms with Crippen LogP contribution in [0.1, 0.15) is 13.8 Å². The zero-order valence-electron chi connectivity index (χ0n) is 10.7. The van der Waals surface area contributed by atoms with Crippen LogP contribution in [-0.2, 0) is 4.84 Å². The van der Waals surface area contributed by atoms with E-state index in [-0.39, 0.29) is 0 Å². The number of hydrogen-bond acceptors (Lipinski definition) is 2. The average Bonchev–Trinajstić information content (AvgIpc) is 2.27. The van der Waals surface area contributed by atoms with Crippen LogP contribution in [0.25, 0.3) is 0 Å². The van der Waals surface area contributed by atoms with Gasteiger partial charge in [-0.25, -0.2) is 13.8 Å². The monoisotopic (exact) mass is 253 g/mol. The van der Waals surface area contributed by atoms with Crippen molar-refractivity contribution < 1.29 is 13.6 Å². The first-order valence-corrected chi connectivity index (χ1v) is 5.54. The summed E-state index contributed by atoms with van der Waals surface area (Å²) in [7, 11) is 0. The third-order valence-electron chi connectivity index (χ3n) is 2.07. The van der Waals surface area contributed by atoms with Gasteiger partial charge in [-0.3, -0.25) is 4.84 Å². The number of hydroxylamine groups is 1. The zero-order valence-corrected chi connectivity index (χ0v) is 10.7. The predicted molar refractivity (Wildman–Crippen MR) is 69.3 cm³/mol. The molecule has 18 heavy (non-hydrogen) atoms. The van der Waals surface area contributed by atoms with Crippen LogP contribution in [0, 0.1) is 11.6 Å². The molecule has 0 radical (unpaired) electrons. The summed E-state index contributed by atoms with van der Waals surface area (Å²) in [6.07, 6.45) is 0. The maximum Gasteiger partial charge on any atom is 0.160 e. The summed E-state index contributed by atoms with van der Waals surface area (Å²) in [5, 5.41) is 1.47. The van der Waals surface area contributed by atoms with Crippen LogP contribution in [-0.4, -0.2) is 13.2 Å². The number of hydrogen-bond donors (Lipinski definition) is 0. The van der Waals surface area contributed by atoms with E-state index >= 15 is 0 Å². The molecular weight excluding hydrogens is 236 g/mol. The molecule has 0 bridgehead atoms. The fourth-order valence-corrected chi connectivity index (χ4v) is 1.28. The SMILES string of the molecule is C=C(C)CON(CC(=C)C)c1ccc(F)c(F)c1. The van der Waals surface area contributed by atoms with Gasteiger partial charge in [-0.15, -0.1) is 0 Å². The minimum Gasteiger partial charge on any atom is -0.269 e. The molecule has 0 fully saturated rings. The summed E-state index contributed by atoms with van der Waals surface area (Å²) in [6.45, 7) is 11.9. The molecule has 0 aliphatic rings. The molecule has 0 heterocycles. The van der Waals surface area contributed by atoms with Crippen LogP contribution >= 0.6 is 0 Å². The van der Waals surface area contributed by atoms with E-state index in [2.05, 4.69) is 13.2 Å². The Morgan fingerprint density at radius 3 is 2.33 bits per heavy atom. The van der Waals surface area contributed by atoms with E-state index < -0.39 is 11.6 Å². The highest BCUT2D eigenvalue weighted by molar-refractivity contribution is 5.45. The predicted octanol–water partition coefficient (Wildman–Crippen LogP) is 3.86. The zero-order chi connectivity index (χ0) is 13.7. The Kier molecular flexibility index (Phi) is 5.04. The molecule has 0 amide bonds. The van der Waals surface area contributed by atoms with E-state index in [0.717, 1.165) is 23.3 Å². The Labute approximate surface area is 106 Å². The number of halogens is 2. The van der Waals surface area contributed by atoms with Crippen LogP contribution in [0.2, 0.25) is 0 Å². The smallest absolute Gasteiger partial charge is 0.160 e. The van der Waals surface area contributed by atoms with Gasteiger partial charge in [-0.2, -0.15) is 0 Å². The second-order valence-corrected chi connectivity index (χ2v) is 4.32. The third-order valence-corrected chi connectivity index (χ3v) is 2.07. The van der Waals surface area contributed by atoms with Crippen molar-refractivity contribution in [2.24, 2.45) is 0 Å². The van der Waals surface area contributed by atoms with E-state index in [9.17, 15) is 8.78 Å². The van der Waals surface area contributed by atoms with Gasteiger partial charge in [-0.1, -0.05) is 24.3 Å². The van der Waals surface area contributed by atoms with Crippen molar-refractivity contribution in [1.29, 1.82) is 0 Å². The standard InChI is InChI=1S/C14H17F2NO/c1-10(2)8-17(18-9-11(3)4)12-5-6-13(15)14(16)7-12/h5-7H,1,3,8-9H2,2,4H3. The van der Waals surface area contributed by atoms with Crippen LogP contribution in [0.15, 0.2) is 42.5 Å². The van der Waals surface area contributed by atoms with E-state index in [1.54, 1.807) is 0 Å². The topological polar surface area (TPSA) is 12.5 Å². The minimum atomic E-state index is -0.904. The lowest BCUT2D eigenvalue weighted by atomic mass is 10.2. The average molecular weight is 253 g/mol. The number of rotatable bonds is 6. The van der Waals surface area contributed by atoms with Gasteiger partial charge in [0.25, 0.3) is 0 Å². The second-order valence-electron chi connectivity index (χ2n) is 4.32. The Bertz CT molecular complexity index is 457. The summed E-state index contributed by atoms with van der Waals surface area (Å²) in [6, 6.07) is 3.62. The molecule has 1 rings (SSSR count). The maximum absolute atomic E-state index is 13.2. The summed E-state index contributed by atoms with van der Waals surface area (Å²) in [4.78, 5) is 5.48. The van der Waals surface area contributed by atoms with Gasteiger partial charge in [0.15, 0.2) is 11.6 Å². The molecule has 4 heteroatoms. The van der Waals surface area contributed by atoms with Gasteiger partial charge in [-0.05, 0) is 26.0 Å². The van der Waals surface area contributed by atoms with E-state index in [4.69, 9.17) is 4.84 Å². The van der Waals surface area contributed by atoms with Gasteiger partial charge >= 0.3 is 0 Å². The lowest BCUT2D eigenvalue weighted by Gasteiger charge is -2.24. The lowest BCUT2D eigenvalue weighted by molar-refractivity contribution is 0.133. The molecule has 1 aromatic carbocycles.